The lowest BCUT2D eigenvalue weighted by Crippen LogP contribution is -2.58. The molecule has 1 aliphatic heterocycles. The Morgan fingerprint density at radius 3 is 2.21 bits per heavy atom. The number of aromatic amines is 1. The Morgan fingerprint density at radius 1 is 1.00 bits per heavy atom. The number of carbonyl (C=O) groups is 3. The predicted molar refractivity (Wildman–Crippen MR) is 94.4 cm³/mol. The SMILES string of the molecule is CC(=O)O[C@H]1[C@@H](OC(C)=O)[C@H](C)O[C@@H](n2cnc3c(=O)[nH]cnc32)[C@H]1OC(C)=O. The van der Waals surface area contributed by atoms with Crippen molar-refractivity contribution in [3.8, 4) is 0 Å². The van der Waals surface area contributed by atoms with E-state index in [4.69, 9.17) is 18.9 Å². The van der Waals surface area contributed by atoms with Gasteiger partial charge in [-0.2, -0.15) is 0 Å². The summed E-state index contributed by atoms with van der Waals surface area (Å²) in [6.45, 7) is 5.17. The molecule has 2 aromatic rings. The van der Waals surface area contributed by atoms with Gasteiger partial charge in [-0.25, -0.2) is 9.97 Å². The van der Waals surface area contributed by atoms with E-state index in [9.17, 15) is 19.2 Å². The highest BCUT2D eigenvalue weighted by Crippen LogP contribution is 2.35. The normalized spacial score (nSPS) is 26.7. The van der Waals surface area contributed by atoms with Gasteiger partial charge in [-0.1, -0.05) is 0 Å². The molecule has 12 heteroatoms. The molecule has 29 heavy (non-hydrogen) atoms. The maximum Gasteiger partial charge on any atom is 0.303 e. The van der Waals surface area contributed by atoms with Gasteiger partial charge in [0.2, 0.25) is 0 Å². The molecule has 5 atom stereocenters. The van der Waals surface area contributed by atoms with Gasteiger partial charge in [0.25, 0.3) is 5.56 Å². The van der Waals surface area contributed by atoms with Crippen molar-refractivity contribution < 1.29 is 33.3 Å². The van der Waals surface area contributed by atoms with Crippen molar-refractivity contribution in [2.75, 3.05) is 0 Å². The molecule has 0 spiro atoms. The van der Waals surface area contributed by atoms with E-state index in [0.717, 1.165) is 0 Å². The first-order valence-corrected chi connectivity index (χ1v) is 8.76. The van der Waals surface area contributed by atoms with Crippen LogP contribution in [0.2, 0.25) is 0 Å². The Hall–Kier alpha value is -3.28. The lowest BCUT2D eigenvalue weighted by Gasteiger charge is -2.43. The Bertz CT molecular complexity index is 999. The molecule has 0 aliphatic carbocycles. The smallest absolute Gasteiger partial charge is 0.303 e. The topological polar surface area (TPSA) is 152 Å². The van der Waals surface area contributed by atoms with Crippen molar-refractivity contribution in [2.45, 2.75) is 58.3 Å². The minimum atomic E-state index is -1.20. The molecule has 0 saturated carbocycles. The molecule has 3 rings (SSSR count). The molecule has 0 unspecified atom stereocenters. The van der Waals surface area contributed by atoms with Gasteiger partial charge in [-0.15, -0.1) is 0 Å². The van der Waals surface area contributed by atoms with E-state index >= 15 is 0 Å². The number of H-pyrrole nitrogens is 1. The van der Waals surface area contributed by atoms with Crippen LogP contribution in [-0.2, 0) is 33.3 Å². The van der Waals surface area contributed by atoms with Gasteiger partial charge in [-0.05, 0) is 6.92 Å². The number of hydrogen-bond acceptors (Lipinski definition) is 10. The maximum atomic E-state index is 12.0. The fourth-order valence-electron chi connectivity index (χ4n) is 3.26. The number of esters is 3. The van der Waals surface area contributed by atoms with E-state index in [2.05, 4.69) is 15.0 Å². The zero-order valence-electron chi connectivity index (χ0n) is 16.1. The summed E-state index contributed by atoms with van der Waals surface area (Å²) >= 11 is 0. The first-order valence-electron chi connectivity index (χ1n) is 8.76. The zero-order chi connectivity index (χ0) is 21.3. The molecule has 0 amide bonds. The number of nitrogens with zero attached hydrogens (tertiary/aromatic N) is 3. The highest BCUT2D eigenvalue weighted by molar-refractivity contribution is 5.70. The summed E-state index contributed by atoms with van der Waals surface area (Å²) < 4.78 is 23.4. The molecule has 1 aliphatic rings. The molecule has 1 N–H and O–H groups in total. The van der Waals surface area contributed by atoms with Crippen LogP contribution in [0.25, 0.3) is 11.2 Å². The molecule has 156 valence electrons. The number of nitrogens with one attached hydrogen (secondary N) is 1. The van der Waals surface area contributed by atoms with Gasteiger partial charge in [0.1, 0.15) is 0 Å². The lowest BCUT2D eigenvalue weighted by molar-refractivity contribution is -0.259. The Morgan fingerprint density at radius 2 is 1.59 bits per heavy atom. The van der Waals surface area contributed by atoms with Gasteiger partial charge < -0.3 is 23.9 Å². The summed E-state index contributed by atoms with van der Waals surface area (Å²) in [4.78, 5) is 57.5. The number of imidazole rings is 1. The summed E-state index contributed by atoms with van der Waals surface area (Å²) in [7, 11) is 0. The number of fused-ring (bicyclic) bond motifs is 1. The molecule has 0 bridgehead atoms. The van der Waals surface area contributed by atoms with Crippen molar-refractivity contribution in [1.82, 2.24) is 19.5 Å². The van der Waals surface area contributed by atoms with Gasteiger partial charge in [0.15, 0.2) is 35.7 Å². The molecule has 1 saturated heterocycles. The van der Waals surface area contributed by atoms with Crippen molar-refractivity contribution in [3.63, 3.8) is 0 Å². The molecule has 0 aromatic carbocycles. The van der Waals surface area contributed by atoms with Crippen LogP contribution in [0.3, 0.4) is 0 Å². The third-order valence-corrected chi connectivity index (χ3v) is 4.29. The second kappa shape index (κ2) is 7.99. The maximum absolute atomic E-state index is 12.0. The largest absolute Gasteiger partial charge is 0.456 e. The van der Waals surface area contributed by atoms with E-state index in [0.29, 0.717) is 0 Å². The molecule has 2 aromatic heterocycles. The first kappa shape index (κ1) is 20.5. The third-order valence-electron chi connectivity index (χ3n) is 4.29. The number of hydrogen-bond donors (Lipinski definition) is 1. The van der Waals surface area contributed by atoms with Crippen LogP contribution >= 0.6 is 0 Å². The number of carbonyl (C=O) groups excluding carboxylic acids is 3. The van der Waals surface area contributed by atoms with E-state index in [-0.39, 0.29) is 11.2 Å². The molecule has 3 heterocycles. The summed E-state index contributed by atoms with van der Waals surface area (Å²) in [5.74, 6) is -1.96. The molecular formula is C17H20N4O8. The van der Waals surface area contributed by atoms with Crippen molar-refractivity contribution in [2.24, 2.45) is 0 Å². The van der Waals surface area contributed by atoms with Gasteiger partial charge in [-0.3, -0.25) is 23.7 Å². The quantitative estimate of drug-likeness (QED) is 0.533. The monoisotopic (exact) mass is 408 g/mol. The lowest BCUT2D eigenvalue weighted by atomic mass is 9.97. The number of aromatic nitrogens is 4. The molecule has 0 radical (unpaired) electrons. The summed E-state index contributed by atoms with van der Waals surface area (Å²) in [5.41, 5.74) is -0.233. The summed E-state index contributed by atoms with van der Waals surface area (Å²) in [6, 6.07) is 0. The average Bonchev–Trinajstić information content (AvgIpc) is 3.04. The Labute approximate surface area is 164 Å². The predicted octanol–water partition coefficient (Wildman–Crippen LogP) is -0.168. The summed E-state index contributed by atoms with van der Waals surface area (Å²) in [5, 5.41) is 0. The number of rotatable bonds is 4. The average molecular weight is 408 g/mol. The van der Waals surface area contributed by atoms with Gasteiger partial charge >= 0.3 is 17.9 Å². The van der Waals surface area contributed by atoms with Crippen molar-refractivity contribution in [3.05, 3.63) is 23.0 Å². The standard InChI is InChI=1S/C17H20N4O8/c1-7-12(27-8(2)22)13(28-9(3)23)14(29-10(4)24)17(26-7)21-6-20-11-15(21)18-5-19-16(11)25/h5-7,12-14,17H,1-4H3,(H,18,19,25)/t7-,12-,13-,14-,17+/m0/s1. The van der Waals surface area contributed by atoms with E-state index in [1.54, 1.807) is 6.92 Å². The zero-order valence-corrected chi connectivity index (χ0v) is 16.1. The second-order valence-electron chi connectivity index (χ2n) is 6.51. The van der Waals surface area contributed by atoms with Crippen molar-refractivity contribution >= 4 is 29.1 Å². The summed E-state index contributed by atoms with van der Waals surface area (Å²) in [6.07, 6.45) is -2.69. The second-order valence-corrected chi connectivity index (χ2v) is 6.51. The highest BCUT2D eigenvalue weighted by atomic mass is 16.7. The first-order chi connectivity index (χ1) is 13.7. The Balaban J connectivity index is 2.10. The minimum absolute atomic E-state index is 0.0523. The molecule has 12 nitrogen and oxygen atoms in total. The van der Waals surface area contributed by atoms with Crippen LogP contribution in [0.1, 0.15) is 33.9 Å². The van der Waals surface area contributed by atoms with Crippen LogP contribution in [0.15, 0.2) is 17.4 Å². The van der Waals surface area contributed by atoms with Gasteiger partial charge in [0, 0.05) is 20.8 Å². The third kappa shape index (κ3) is 4.11. The van der Waals surface area contributed by atoms with E-state index in [1.165, 1.54) is 38.0 Å². The Kier molecular flexibility index (Phi) is 5.64. The van der Waals surface area contributed by atoms with Crippen LogP contribution in [0.4, 0.5) is 0 Å². The fraction of sp³-hybridized carbons (Fsp3) is 0.529. The molecular weight excluding hydrogens is 388 g/mol. The van der Waals surface area contributed by atoms with E-state index < -0.39 is 54.1 Å². The van der Waals surface area contributed by atoms with Crippen LogP contribution in [0.5, 0.6) is 0 Å². The van der Waals surface area contributed by atoms with Crippen LogP contribution in [-0.4, -0.2) is 61.8 Å². The number of ether oxygens (including phenoxy) is 4. The fourth-order valence-corrected chi connectivity index (χ4v) is 3.26. The minimum Gasteiger partial charge on any atom is -0.456 e. The van der Waals surface area contributed by atoms with E-state index in [1.807, 2.05) is 0 Å². The molecule has 1 fully saturated rings. The van der Waals surface area contributed by atoms with Crippen LogP contribution < -0.4 is 5.56 Å². The highest BCUT2D eigenvalue weighted by Gasteiger charge is 2.51. The van der Waals surface area contributed by atoms with Gasteiger partial charge in [0.05, 0.1) is 18.8 Å². The van der Waals surface area contributed by atoms with Crippen LogP contribution in [0, 0.1) is 0 Å². The van der Waals surface area contributed by atoms with Crippen molar-refractivity contribution in [1.29, 1.82) is 0 Å².